The number of imide groups is 1. The Kier molecular flexibility index (Phi) is 3.96. The van der Waals surface area contributed by atoms with Gasteiger partial charge in [0.1, 0.15) is 11.0 Å². The van der Waals surface area contributed by atoms with Gasteiger partial charge in [-0.05, 0) is 37.1 Å². The van der Waals surface area contributed by atoms with Crippen LogP contribution in [0, 0.1) is 22.7 Å². The molecule has 2 heterocycles. The monoisotopic (exact) mass is 369 g/mol. The zero-order chi connectivity index (χ0) is 18.5. The highest BCUT2D eigenvalue weighted by Crippen LogP contribution is 2.60. The van der Waals surface area contributed by atoms with Gasteiger partial charge in [-0.3, -0.25) is 9.59 Å². The van der Waals surface area contributed by atoms with Crippen LogP contribution in [0.15, 0.2) is 34.9 Å². The molecule has 0 radical (unpaired) electrons. The number of nitrogens with zero attached hydrogens (tertiary/aromatic N) is 2. The minimum atomic E-state index is -0.595. The number of hydrogen-bond acceptors (Lipinski definition) is 6. The molecular formula is C19H19N3O3S. The van der Waals surface area contributed by atoms with Gasteiger partial charge >= 0.3 is 0 Å². The quantitative estimate of drug-likeness (QED) is 0.805. The van der Waals surface area contributed by atoms with Gasteiger partial charge < -0.3 is 10.5 Å². The summed E-state index contributed by atoms with van der Waals surface area (Å²) in [5.74, 6) is -0.336. The van der Waals surface area contributed by atoms with Crippen molar-refractivity contribution in [2.75, 3.05) is 12.0 Å². The van der Waals surface area contributed by atoms with Crippen molar-refractivity contribution in [1.82, 2.24) is 0 Å². The average molecular weight is 369 g/mol. The van der Waals surface area contributed by atoms with Crippen molar-refractivity contribution in [1.29, 1.82) is 5.26 Å². The molecule has 3 aliphatic rings. The SMILES string of the molecule is COc1ccc(N2C(=O)[C@H]3SC(N)=C(C#N)C4(CCCC4)[C@@H]3C2=O)cc1. The second kappa shape index (κ2) is 6.06. The van der Waals surface area contributed by atoms with E-state index in [1.807, 2.05) is 0 Å². The maximum Gasteiger partial charge on any atom is 0.248 e. The van der Waals surface area contributed by atoms with E-state index in [0.717, 1.165) is 25.7 Å². The number of fused-ring (bicyclic) bond motifs is 2. The fourth-order valence-electron chi connectivity index (χ4n) is 4.61. The maximum atomic E-state index is 13.3. The number of carbonyl (C=O) groups is 2. The van der Waals surface area contributed by atoms with E-state index in [1.165, 1.54) is 16.7 Å². The fourth-order valence-corrected chi connectivity index (χ4v) is 5.97. The second-order valence-electron chi connectivity index (χ2n) is 6.94. The van der Waals surface area contributed by atoms with Crippen LogP contribution in [0.3, 0.4) is 0 Å². The number of ether oxygens (including phenoxy) is 1. The number of methoxy groups -OCH3 is 1. The average Bonchev–Trinajstić information content (AvgIpc) is 3.20. The van der Waals surface area contributed by atoms with Gasteiger partial charge in [0.2, 0.25) is 11.8 Å². The topological polar surface area (TPSA) is 96.4 Å². The summed E-state index contributed by atoms with van der Waals surface area (Å²) >= 11 is 1.17. The number of anilines is 1. The second-order valence-corrected chi connectivity index (χ2v) is 8.12. The predicted molar refractivity (Wildman–Crippen MR) is 98.1 cm³/mol. The Bertz CT molecular complexity index is 850. The number of carbonyl (C=O) groups excluding carboxylic acids is 2. The molecule has 1 aliphatic carbocycles. The zero-order valence-corrected chi connectivity index (χ0v) is 15.2. The number of thioether (sulfide) groups is 1. The Balaban J connectivity index is 1.78. The molecule has 2 aliphatic heterocycles. The lowest BCUT2D eigenvalue weighted by Gasteiger charge is -2.39. The van der Waals surface area contributed by atoms with Crippen molar-refractivity contribution in [2.24, 2.45) is 17.1 Å². The number of rotatable bonds is 2. The molecule has 2 N–H and O–H groups in total. The molecule has 2 amide bonds. The van der Waals surface area contributed by atoms with Gasteiger partial charge in [-0.15, -0.1) is 0 Å². The van der Waals surface area contributed by atoms with Crippen molar-refractivity contribution in [3.05, 3.63) is 34.9 Å². The normalized spacial score (nSPS) is 27.0. The molecule has 1 saturated carbocycles. The van der Waals surface area contributed by atoms with Crippen LogP contribution in [-0.2, 0) is 9.59 Å². The van der Waals surface area contributed by atoms with Crippen LogP contribution in [-0.4, -0.2) is 24.2 Å². The van der Waals surface area contributed by atoms with Gasteiger partial charge in [-0.2, -0.15) is 5.26 Å². The van der Waals surface area contributed by atoms with Crippen LogP contribution >= 0.6 is 11.8 Å². The molecular weight excluding hydrogens is 350 g/mol. The van der Waals surface area contributed by atoms with Crippen molar-refractivity contribution in [3.8, 4) is 11.8 Å². The van der Waals surface area contributed by atoms with Crippen molar-refractivity contribution < 1.29 is 14.3 Å². The summed E-state index contributed by atoms with van der Waals surface area (Å²) in [6.07, 6.45) is 3.34. The predicted octanol–water partition coefficient (Wildman–Crippen LogP) is 2.55. The lowest BCUT2D eigenvalue weighted by Crippen LogP contribution is -2.43. The third-order valence-electron chi connectivity index (χ3n) is 5.78. The Morgan fingerprint density at radius 3 is 2.46 bits per heavy atom. The highest BCUT2D eigenvalue weighted by molar-refractivity contribution is 8.04. The van der Waals surface area contributed by atoms with E-state index in [2.05, 4.69) is 6.07 Å². The first kappa shape index (κ1) is 17.0. The molecule has 6 nitrogen and oxygen atoms in total. The van der Waals surface area contributed by atoms with E-state index in [4.69, 9.17) is 10.5 Å². The van der Waals surface area contributed by atoms with Gasteiger partial charge in [0.05, 0.1) is 35.4 Å². The summed E-state index contributed by atoms with van der Waals surface area (Å²) in [5, 5.41) is 9.52. The molecule has 2 fully saturated rings. The van der Waals surface area contributed by atoms with Crippen LogP contribution in [0.25, 0.3) is 0 Å². The summed E-state index contributed by atoms with van der Waals surface area (Å²) in [7, 11) is 1.56. The summed E-state index contributed by atoms with van der Waals surface area (Å²) in [5.41, 5.74) is 6.58. The van der Waals surface area contributed by atoms with E-state index >= 15 is 0 Å². The van der Waals surface area contributed by atoms with Crippen LogP contribution in [0.4, 0.5) is 5.69 Å². The largest absolute Gasteiger partial charge is 0.497 e. The van der Waals surface area contributed by atoms with E-state index in [9.17, 15) is 14.9 Å². The van der Waals surface area contributed by atoms with Crippen molar-refractivity contribution >= 4 is 29.3 Å². The standard InChI is InChI=1S/C19H19N3O3S/c1-25-12-6-4-11(5-7-12)22-17(23)14-15(18(22)24)26-16(21)13(10-20)19(14)8-2-3-9-19/h4-7,14-15H,2-3,8-9,21H2,1H3/t14-,15-/m0/s1. The summed E-state index contributed by atoms with van der Waals surface area (Å²) in [4.78, 5) is 27.7. The first-order chi connectivity index (χ1) is 12.5. The minimum absolute atomic E-state index is 0.222. The minimum Gasteiger partial charge on any atom is -0.497 e. The van der Waals surface area contributed by atoms with Crippen LogP contribution in [0.5, 0.6) is 5.75 Å². The smallest absolute Gasteiger partial charge is 0.248 e. The third-order valence-corrected chi connectivity index (χ3v) is 6.97. The Labute approximate surface area is 156 Å². The highest BCUT2D eigenvalue weighted by Gasteiger charge is 2.62. The molecule has 1 saturated heterocycles. The van der Waals surface area contributed by atoms with Gasteiger partial charge in [0, 0.05) is 5.41 Å². The maximum absolute atomic E-state index is 13.3. The van der Waals surface area contributed by atoms with E-state index in [0.29, 0.717) is 22.0 Å². The molecule has 2 atom stereocenters. The Morgan fingerprint density at radius 1 is 1.23 bits per heavy atom. The van der Waals surface area contributed by atoms with Crippen molar-refractivity contribution in [3.63, 3.8) is 0 Å². The van der Waals surface area contributed by atoms with Gasteiger partial charge in [-0.1, -0.05) is 24.6 Å². The Hall–Kier alpha value is -2.46. The van der Waals surface area contributed by atoms with Crippen LogP contribution < -0.4 is 15.4 Å². The van der Waals surface area contributed by atoms with E-state index in [1.54, 1.807) is 31.4 Å². The molecule has 1 aromatic carbocycles. The van der Waals surface area contributed by atoms with Gasteiger partial charge in [0.25, 0.3) is 0 Å². The number of amides is 2. The molecule has 0 aromatic heterocycles. The molecule has 134 valence electrons. The molecule has 4 rings (SSSR count). The number of hydrogen-bond donors (Lipinski definition) is 1. The molecule has 0 bridgehead atoms. The molecule has 7 heteroatoms. The zero-order valence-electron chi connectivity index (χ0n) is 14.4. The third kappa shape index (κ3) is 2.18. The number of benzene rings is 1. The molecule has 1 spiro atoms. The summed E-state index contributed by atoms with van der Waals surface area (Å²) in [6.45, 7) is 0. The summed E-state index contributed by atoms with van der Waals surface area (Å²) in [6, 6.07) is 9.11. The Morgan fingerprint density at radius 2 is 1.88 bits per heavy atom. The molecule has 1 aromatic rings. The molecule has 0 unspecified atom stereocenters. The lowest BCUT2D eigenvalue weighted by atomic mass is 9.67. The number of nitrogens with two attached hydrogens (primary N) is 1. The number of nitriles is 1. The molecule has 26 heavy (non-hydrogen) atoms. The van der Waals surface area contributed by atoms with Gasteiger partial charge in [0.15, 0.2) is 0 Å². The fraction of sp³-hybridized carbons (Fsp3) is 0.421. The highest BCUT2D eigenvalue weighted by atomic mass is 32.2. The van der Waals surface area contributed by atoms with Gasteiger partial charge in [-0.25, -0.2) is 4.90 Å². The summed E-state index contributed by atoms with van der Waals surface area (Å²) < 4.78 is 5.15. The first-order valence-electron chi connectivity index (χ1n) is 8.62. The first-order valence-corrected chi connectivity index (χ1v) is 9.50. The van der Waals surface area contributed by atoms with E-state index < -0.39 is 16.6 Å². The van der Waals surface area contributed by atoms with Crippen molar-refractivity contribution in [2.45, 2.75) is 30.9 Å². The van der Waals surface area contributed by atoms with Crippen LogP contribution in [0.2, 0.25) is 0 Å². The number of allylic oxidation sites excluding steroid dienone is 1. The lowest BCUT2D eigenvalue weighted by molar-refractivity contribution is -0.123. The van der Waals surface area contributed by atoms with Crippen LogP contribution in [0.1, 0.15) is 25.7 Å². The van der Waals surface area contributed by atoms with E-state index in [-0.39, 0.29) is 11.8 Å².